The lowest BCUT2D eigenvalue weighted by Crippen LogP contribution is -2.10. The number of nitrogens with zero attached hydrogens (tertiary/aromatic N) is 2. The molecule has 3 heterocycles. The highest BCUT2D eigenvalue weighted by molar-refractivity contribution is 6.08. The van der Waals surface area contributed by atoms with Crippen molar-refractivity contribution < 1.29 is 8.53 Å². The molecule has 4 rings (SSSR count). The van der Waals surface area contributed by atoms with Gasteiger partial charge in [0.15, 0.2) is 0 Å². The molecule has 0 amide bonds. The van der Waals surface area contributed by atoms with Crippen LogP contribution in [0.15, 0.2) is 47.0 Å². The fourth-order valence-electron chi connectivity index (χ4n) is 3.13. The lowest BCUT2D eigenvalue weighted by atomic mass is 9.87. The second-order valence-electron chi connectivity index (χ2n) is 7.69. The van der Waals surface area contributed by atoms with E-state index in [9.17, 15) is 0 Å². The van der Waals surface area contributed by atoms with E-state index in [2.05, 4.69) is 9.97 Å². The molecule has 0 saturated heterocycles. The third-order valence-corrected chi connectivity index (χ3v) is 4.28. The number of para-hydroxylation sites is 1. The molecule has 0 radical (unpaired) electrons. The number of aromatic nitrogens is 2. The van der Waals surface area contributed by atoms with Crippen LogP contribution in [-0.2, 0) is 6.37 Å². The van der Waals surface area contributed by atoms with Gasteiger partial charge in [-0.15, -0.1) is 0 Å². The van der Waals surface area contributed by atoms with Gasteiger partial charge in [-0.3, -0.25) is 4.98 Å². The van der Waals surface area contributed by atoms with E-state index in [1.54, 1.807) is 6.20 Å². The fourth-order valence-corrected chi connectivity index (χ4v) is 3.13. The minimum absolute atomic E-state index is 0.0166. The van der Waals surface area contributed by atoms with Crippen LogP contribution in [-0.4, -0.2) is 9.97 Å². The predicted octanol–water partition coefficient (Wildman–Crippen LogP) is 6.25. The summed E-state index contributed by atoms with van der Waals surface area (Å²) in [5.41, 5.74) is 4.17. The SMILES string of the molecule is [2H]Cc1cc(-c2cccc3c2oc2nc(C)ccc23)ncc1C([2H])([2H])C(C)(C)C. The predicted molar refractivity (Wildman–Crippen MR) is 107 cm³/mol. The Hall–Kier alpha value is -2.68. The maximum Gasteiger partial charge on any atom is 0.227 e. The lowest BCUT2D eigenvalue weighted by molar-refractivity contribution is 0.410. The molecule has 132 valence electrons. The highest BCUT2D eigenvalue weighted by Crippen LogP contribution is 2.35. The van der Waals surface area contributed by atoms with Crippen LogP contribution in [0.25, 0.3) is 33.3 Å². The molecule has 0 aliphatic carbocycles. The summed E-state index contributed by atoms with van der Waals surface area (Å²) in [6, 6.07) is 11.7. The number of aryl methyl sites for hydroxylation is 2. The number of rotatable bonds is 2. The summed E-state index contributed by atoms with van der Waals surface area (Å²) >= 11 is 0. The molecule has 0 fully saturated rings. The van der Waals surface area contributed by atoms with Crippen LogP contribution >= 0.6 is 0 Å². The van der Waals surface area contributed by atoms with Crippen molar-refractivity contribution in [1.29, 1.82) is 0 Å². The molecule has 4 aromatic rings. The molecule has 0 saturated carbocycles. The third-order valence-electron chi connectivity index (χ3n) is 4.28. The van der Waals surface area contributed by atoms with Crippen molar-refractivity contribution in [1.82, 2.24) is 9.97 Å². The van der Waals surface area contributed by atoms with Gasteiger partial charge in [-0.2, -0.15) is 0 Å². The van der Waals surface area contributed by atoms with Crippen LogP contribution in [0.4, 0.5) is 0 Å². The van der Waals surface area contributed by atoms with Crippen molar-refractivity contribution in [3.05, 3.63) is 59.4 Å². The second-order valence-corrected chi connectivity index (χ2v) is 7.69. The molecular formula is C23H24N2O. The fraction of sp³-hybridized carbons (Fsp3) is 0.304. The summed E-state index contributed by atoms with van der Waals surface area (Å²) in [5, 5.41) is 1.92. The molecule has 0 bridgehead atoms. The molecule has 0 aliphatic rings. The quantitative estimate of drug-likeness (QED) is 0.430. The Labute approximate surface area is 158 Å². The van der Waals surface area contributed by atoms with Gasteiger partial charge in [0.1, 0.15) is 5.58 Å². The maximum absolute atomic E-state index is 8.58. The molecule has 1 aromatic carbocycles. The van der Waals surface area contributed by atoms with E-state index >= 15 is 0 Å². The first-order chi connectivity index (χ1) is 13.6. The van der Waals surface area contributed by atoms with Crippen LogP contribution in [0.1, 0.15) is 41.7 Å². The van der Waals surface area contributed by atoms with Gasteiger partial charge in [0.2, 0.25) is 5.71 Å². The minimum atomic E-state index is -1.60. The largest absolute Gasteiger partial charge is 0.437 e. The molecule has 26 heavy (non-hydrogen) atoms. The van der Waals surface area contributed by atoms with Gasteiger partial charge < -0.3 is 4.42 Å². The Bertz CT molecular complexity index is 1220. The van der Waals surface area contributed by atoms with Crippen molar-refractivity contribution in [2.45, 2.75) is 41.0 Å². The number of hydrogen-bond donors (Lipinski definition) is 0. The summed E-state index contributed by atoms with van der Waals surface area (Å²) in [4.78, 5) is 9.06. The zero-order chi connectivity index (χ0) is 21.0. The van der Waals surface area contributed by atoms with Crippen LogP contribution in [0.5, 0.6) is 0 Å². The van der Waals surface area contributed by atoms with Gasteiger partial charge in [-0.05, 0) is 61.0 Å². The van der Waals surface area contributed by atoms with E-state index in [4.69, 9.17) is 8.53 Å². The monoisotopic (exact) mass is 347 g/mol. The molecule has 0 N–H and O–H groups in total. The van der Waals surface area contributed by atoms with Gasteiger partial charge in [0.25, 0.3) is 0 Å². The second kappa shape index (κ2) is 5.94. The molecule has 0 atom stereocenters. The van der Waals surface area contributed by atoms with Crippen LogP contribution in [0.2, 0.25) is 0 Å². The van der Waals surface area contributed by atoms with E-state index < -0.39 is 11.8 Å². The average Bonchev–Trinajstić information content (AvgIpc) is 3.04. The van der Waals surface area contributed by atoms with Gasteiger partial charge in [0, 0.05) is 32.3 Å². The smallest absolute Gasteiger partial charge is 0.227 e. The highest BCUT2D eigenvalue weighted by Gasteiger charge is 2.16. The maximum atomic E-state index is 8.58. The van der Waals surface area contributed by atoms with E-state index in [1.807, 2.05) is 64.1 Å². The van der Waals surface area contributed by atoms with Gasteiger partial charge in [-0.1, -0.05) is 32.9 Å². The zero-order valence-electron chi connectivity index (χ0n) is 18.6. The van der Waals surface area contributed by atoms with Crippen molar-refractivity contribution in [3.63, 3.8) is 0 Å². The molecule has 3 aromatic heterocycles. The van der Waals surface area contributed by atoms with E-state index in [0.717, 1.165) is 22.0 Å². The Kier molecular flexibility index (Phi) is 3.09. The summed E-state index contributed by atoms with van der Waals surface area (Å²) in [6.07, 6.45) is -0.0178. The van der Waals surface area contributed by atoms with Crippen molar-refractivity contribution in [2.24, 2.45) is 5.41 Å². The number of fused-ring (bicyclic) bond motifs is 3. The van der Waals surface area contributed by atoms with E-state index in [-0.39, 0.29) is 6.90 Å². The first kappa shape index (κ1) is 13.5. The van der Waals surface area contributed by atoms with Crippen molar-refractivity contribution >= 4 is 22.1 Å². The molecular weight excluding hydrogens is 320 g/mol. The van der Waals surface area contributed by atoms with Crippen LogP contribution in [0.3, 0.4) is 0 Å². The lowest BCUT2D eigenvalue weighted by Gasteiger charge is -2.19. The molecule has 0 spiro atoms. The van der Waals surface area contributed by atoms with Gasteiger partial charge >= 0.3 is 0 Å². The molecule has 0 unspecified atom stereocenters. The van der Waals surface area contributed by atoms with Crippen LogP contribution in [0, 0.1) is 19.2 Å². The number of benzene rings is 1. The highest BCUT2D eigenvalue weighted by atomic mass is 16.3. The molecule has 3 nitrogen and oxygen atoms in total. The Morgan fingerprint density at radius 1 is 1.15 bits per heavy atom. The molecule has 3 heteroatoms. The summed E-state index contributed by atoms with van der Waals surface area (Å²) < 4.78 is 31.2. The Morgan fingerprint density at radius 2 is 2.00 bits per heavy atom. The van der Waals surface area contributed by atoms with Crippen molar-refractivity contribution in [2.75, 3.05) is 0 Å². The summed E-state index contributed by atoms with van der Waals surface area (Å²) in [7, 11) is 0. The third kappa shape index (κ3) is 2.98. The first-order valence-electron chi connectivity index (χ1n) is 10.4. The standard InChI is InChI=1S/C23H24N2O/c1-14-11-20(24-13-16(14)12-23(3,4)5)19-8-6-7-17-18-10-9-15(2)25-22(18)26-21(17)19/h6-11,13H,12H2,1-5H3/i1D,12D2. The number of hydrogen-bond acceptors (Lipinski definition) is 3. The zero-order valence-corrected chi connectivity index (χ0v) is 15.6. The van der Waals surface area contributed by atoms with E-state index in [1.165, 1.54) is 0 Å². The first-order valence-corrected chi connectivity index (χ1v) is 8.71. The Balaban J connectivity index is 1.92. The van der Waals surface area contributed by atoms with E-state index in [0.29, 0.717) is 28.1 Å². The normalized spacial score (nSPS) is 14.4. The van der Waals surface area contributed by atoms with Crippen LogP contribution < -0.4 is 0 Å². The number of pyridine rings is 2. The number of furan rings is 1. The summed E-state index contributed by atoms with van der Waals surface area (Å²) in [5.74, 6) is 0. The summed E-state index contributed by atoms with van der Waals surface area (Å²) in [6.45, 7) is 7.49. The van der Waals surface area contributed by atoms with Gasteiger partial charge in [0.05, 0.1) is 5.69 Å². The van der Waals surface area contributed by atoms with Crippen molar-refractivity contribution in [3.8, 4) is 11.3 Å². The Morgan fingerprint density at radius 3 is 2.77 bits per heavy atom. The average molecular weight is 347 g/mol. The minimum Gasteiger partial charge on any atom is -0.437 e. The molecule has 0 aliphatic heterocycles. The van der Waals surface area contributed by atoms with Gasteiger partial charge in [-0.25, -0.2) is 4.98 Å². The topological polar surface area (TPSA) is 38.9 Å².